The van der Waals surface area contributed by atoms with Crippen LogP contribution in [0.15, 0.2) is 39.9 Å². The second-order valence-corrected chi connectivity index (χ2v) is 6.59. The Morgan fingerprint density at radius 3 is 2.67 bits per heavy atom. The van der Waals surface area contributed by atoms with E-state index in [1.54, 1.807) is 0 Å². The molecule has 2 aromatic rings. The number of H-pyrrole nitrogens is 1. The van der Waals surface area contributed by atoms with Gasteiger partial charge in [0.05, 0.1) is 0 Å². The predicted octanol–water partition coefficient (Wildman–Crippen LogP) is -1.19. The SMILES string of the molecule is O=c1[nH]c(=O)n(COCCO)c([Se]c2ccccc2)c1Cl. The van der Waals surface area contributed by atoms with Crippen LogP contribution < -0.4 is 20.3 Å². The van der Waals surface area contributed by atoms with Crippen molar-refractivity contribution in [3.8, 4) is 0 Å². The van der Waals surface area contributed by atoms with Gasteiger partial charge in [0.2, 0.25) is 0 Å². The van der Waals surface area contributed by atoms with Gasteiger partial charge in [0, 0.05) is 0 Å². The molecule has 0 amide bonds. The van der Waals surface area contributed by atoms with E-state index in [1.807, 2.05) is 30.3 Å². The molecule has 0 saturated carbocycles. The van der Waals surface area contributed by atoms with E-state index in [4.69, 9.17) is 21.4 Å². The molecule has 0 saturated heterocycles. The Labute approximate surface area is 131 Å². The van der Waals surface area contributed by atoms with E-state index >= 15 is 0 Å². The van der Waals surface area contributed by atoms with Crippen LogP contribution in [-0.4, -0.2) is 42.8 Å². The number of aromatic amines is 1. The standard InChI is InChI=1S/C13H13ClN2O4Se/c14-10-11(18)15-13(19)16(8-20-7-6-17)12(10)21-9-4-2-1-3-5-9/h1-5,17H,6-8H2,(H,15,18,19). The van der Waals surface area contributed by atoms with Crippen LogP contribution in [0.4, 0.5) is 0 Å². The van der Waals surface area contributed by atoms with Gasteiger partial charge in [0.15, 0.2) is 0 Å². The molecule has 0 aliphatic heterocycles. The molecule has 0 fully saturated rings. The van der Waals surface area contributed by atoms with E-state index in [0.717, 1.165) is 4.46 Å². The van der Waals surface area contributed by atoms with Crippen molar-refractivity contribution >= 4 is 35.6 Å². The summed E-state index contributed by atoms with van der Waals surface area (Å²) in [5.74, 6) is 0. The number of hydrogen-bond donors (Lipinski definition) is 2. The first kappa shape index (κ1) is 16.0. The van der Waals surface area contributed by atoms with Crippen molar-refractivity contribution in [2.75, 3.05) is 13.2 Å². The van der Waals surface area contributed by atoms with E-state index < -0.39 is 11.2 Å². The third-order valence-electron chi connectivity index (χ3n) is 2.51. The van der Waals surface area contributed by atoms with Gasteiger partial charge in [0.25, 0.3) is 0 Å². The summed E-state index contributed by atoms with van der Waals surface area (Å²) in [5.41, 5.74) is -1.18. The maximum atomic E-state index is 11.9. The average molecular weight is 376 g/mol. The molecule has 2 N–H and O–H groups in total. The van der Waals surface area contributed by atoms with Crippen LogP contribution in [0.25, 0.3) is 0 Å². The first-order chi connectivity index (χ1) is 10.1. The molecule has 2 rings (SSSR count). The molecule has 0 aliphatic carbocycles. The normalized spacial score (nSPS) is 10.8. The monoisotopic (exact) mass is 376 g/mol. The van der Waals surface area contributed by atoms with E-state index in [0.29, 0.717) is 4.59 Å². The molecule has 8 heteroatoms. The molecule has 1 aromatic heterocycles. The molecule has 21 heavy (non-hydrogen) atoms. The topological polar surface area (TPSA) is 84.3 Å². The van der Waals surface area contributed by atoms with Gasteiger partial charge in [-0.2, -0.15) is 0 Å². The van der Waals surface area contributed by atoms with Crippen LogP contribution in [-0.2, 0) is 11.5 Å². The molecule has 0 aliphatic rings. The summed E-state index contributed by atoms with van der Waals surface area (Å²) >= 11 is 5.73. The summed E-state index contributed by atoms with van der Waals surface area (Å²) in [6, 6.07) is 9.45. The number of ether oxygens (including phenoxy) is 1. The second kappa shape index (κ2) is 7.58. The van der Waals surface area contributed by atoms with Crippen molar-refractivity contribution < 1.29 is 9.84 Å². The number of rotatable bonds is 6. The van der Waals surface area contributed by atoms with Crippen LogP contribution in [0, 0.1) is 0 Å². The summed E-state index contributed by atoms with van der Waals surface area (Å²) in [5, 5.41) is 8.72. The van der Waals surface area contributed by atoms with Crippen LogP contribution in [0.2, 0.25) is 5.02 Å². The molecule has 0 atom stereocenters. The number of nitrogens with one attached hydrogen (secondary N) is 1. The summed E-state index contributed by atoms with van der Waals surface area (Å²) in [4.78, 5) is 25.7. The number of aliphatic hydroxyl groups is 1. The fraction of sp³-hybridized carbons (Fsp3) is 0.231. The summed E-state index contributed by atoms with van der Waals surface area (Å²) in [6.07, 6.45) is 0. The van der Waals surface area contributed by atoms with Crippen LogP contribution in [0.3, 0.4) is 0 Å². The Morgan fingerprint density at radius 2 is 2.00 bits per heavy atom. The van der Waals surface area contributed by atoms with E-state index in [-0.39, 0.29) is 39.9 Å². The third kappa shape index (κ3) is 4.06. The molecule has 1 heterocycles. The molecule has 0 unspecified atom stereocenters. The van der Waals surface area contributed by atoms with Gasteiger partial charge < -0.3 is 0 Å². The van der Waals surface area contributed by atoms with Gasteiger partial charge >= 0.3 is 131 Å². The maximum absolute atomic E-state index is 11.9. The van der Waals surface area contributed by atoms with Crippen LogP contribution >= 0.6 is 11.6 Å². The molecule has 0 spiro atoms. The van der Waals surface area contributed by atoms with Gasteiger partial charge in [-0.1, -0.05) is 0 Å². The first-order valence-electron chi connectivity index (χ1n) is 6.07. The zero-order chi connectivity index (χ0) is 15.2. The summed E-state index contributed by atoms with van der Waals surface area (Å²) in [6.45, 7) is -0.119. The molecule has 6 nitrogen and oxygen atoms in total. The van der Waals surface area contributed by atoms with Crippen molar-refractivity contribution in [1.29, 1.82) is 0 Å². The predicted molar refractivity (Wildman–Crippen MR) is 80.8 cm³/mol. The number of aliphatic hydroxyl groups excluding tert-OH is 1. The molecule has 0 bridgehead atoms. The van der Waals surface area contributed by atoms with Gasteiger partial charge in [-0.15, -0.1) is 0 Å². The van der Waals surface area contributed by atoms with Crippen molar-refractivity contribution in [2.45, 2.75) is 6.73 Å². The minimum atomic E-state index is -0.604. The Morgan fingerprint density at radius 1 is 1.29 bits per heavy atom. The fourth-order valence-corrected chi connectivity index (χ4v) is 3.90. The first-order valence-corrected chi connectivity index (χ1v) is 8.16. The van der Waals surface area contributed by atoms with Gasteiger partial charge in [-0.05, 0) is 0 Å². The zero-order valence-corrected chi connectivity index (χ0v) is 13.4. The number of halogens is 1. The Hall–Kier alpha value is -1.37. The van der Waals surface area contributed by atoms with Gasteiger partial charge in [0.1, 0.15) is 0 Å². The van der Waals surface area contributed by atoms with Crippen LogP contribution in [0.5, 0.6) is 0 Å². The summed E-state index contributed by atoms with van der Waals surface area (Å²) in [7, 11) is 0. The average Bonchev–Trinajstić information content (AvgIpc) is 2.49. The molecular weight excluding hydrogens is 363 g/mol. The van der Waals surface area contributed by atoms with Crippen molar-refractivity contribution in [1.82, 2.24) is 9.55 Å². The second-order valence-electron chi connectivity index (χ2n) is 3.98. The van der Waals surface area contributed by atoms with Gasteiger partial charge in [-0.25, -0.2) is 0 Å². The Balaban J connectivity index is 2.41. The number of hydrogen-bond acceptors (Lipinski definition) is 4. The van der Waals surface area contributed by atoms with Crippen LogP contribution in [0.1, 0.15) is 0 Å². The van der Waals surface area contributed by atoms with E-state index in [2.05, 4.69) is 4.98 Å². The van der Waals surface area contributed by atoms with Gasteiger partial charge in [-0.3, -0.25) is 0 Å². The quantitative estimate of drug-likeness (QED) is 0.491. The third-order valence-corrected chi connectivity index (χ3v) is 5.48. The van der Waals surface area contributed by atoms with E-state index in [9.17, 15) is 9.59 Å². The minimum absolute atomic E-state index is 0.00829. The number of aromatic nitrogens is 2. The van der Waals surface area contributed by atoms with E-state index in [1.165, 1.54) is 4.57 Å². The number of benzene rings is 1. The summed E-state index contributed by atoms with van der Waals surface area (Å²) < 4.78 is 7.88. The molecular formula is C13H13ClN2O4Se. The number of nitrogens with zero attached hydrogens (tertiary/aromatic N) is 1. The molecule has 112 valence electrons. The zero-order valence-electron chi connectivity index (χ0n) is 10.9. The molecule has 0 radical (unpaired) electrons. The Kier molecular flexibility index (Phi) is 5.78. The van der Waals surface area contributed by atoms with Crippen molar-refractivity contribution in [3.05, 3.63) is 56.2 Å². The molecule has 1 aromatic carbocycles. The fourth-order valence-electron chi connectivity index (χ4n) is 1.57. The van der Waals surface area contributed by atoms with Crippen molar-refractivity contribution in [2.24, 2.45) is 0 Å². The van der Waals surface area contributed by atoms with Crippen molar-refractivity contribution in [3.63, 3.8) is 0 Å². The Bertz CT molecular complexity index is 714.